The van der Waals surface area contributed by atoms with Crippen LogP contribution in [0.3, 0.4) is 0 Å². The molecule has 2 rings (SSSR count). The molecule has 0 aliphatic heterocycles. The number of hydrogen-bond acceptors (Lipinski definition) is 6. The lowest BCUT2D eigenvalue weighted by Gasteiger charge is -2.09. The largest absolute Gasteiger partial charge is 0.497 e. The van der Waals surface area contributed by atoms with E-state index < -0.39 is 5.91 Å². The van der Waals surface area contributed by atoms with Crippen molar-refractivity contribution in [1.82, 2.24) is 0 Å². The molecule has 0 saturated carbocycles. The molecule has 0 spiro atoms. The first kappa shape index (κ1) is 19.4. The van der Waals surface area contributed by atoms with Gasteiger partial charge in [-0.15, -0.1) is 0 Å². The summed E-state index contributed by atoms with van der Waals surface area (Å²) in [5, 5.41) is 20.6. The van der Waals surface area contributed by atoms with Gasteiger partial charge in [-0.05, 0) is 35.9 Å². The number of methoxy groups -OCH3 is 2. The zero-order valence-electron chi connectivity index (χ0n) is 14.9. The van der Waals surface area contributed by atoms with Gasteiger partial charge in [0.1, 0.15) is 23.5 Å². The fourth-order valence-electron chi connectivity index (χ4n) is 2.22. The van der Waals surface area contributed by atoms with Crippen LogP contribution in [0.4, 0.5) is 5.69 Å². The molecule has 0 aliphatic rings. The third-order valence-corrected chi connectivity index (χ3v) is 3.48. The Hall–Kier alpha value is -3.97. The highest BCUT2D eigenvalue weighted by Crippen LogP contribution is 2.29. The monoisotopic (exact) mass is 363 g/mol. The summed E-state index contributed by atoms with van der Waals surface area (Å²) in [5.74, 6) is 0.836. The van der Waals surface area contributed by atoms with Crippen molar-refractivity contribution in [3.8, 4) is 29.4 Å². The Morgan fingerprint density at radius 3 is 2.59 bits per heavy atom. The second kappa shape index (κ2) is 9.50. The molecule has 7 nitrogen and oxygen atoms in total. The third kappa shape index (κ3) is 5.25. The lowest BCUT2D eigenvalue weighted by atomic mass is 10.1. The van der Waals surface area contributed by atoms with E-state index in [-0.39, 0.29) is 12.2 Å². The lowest BCUT2D eigenvalue weighted by molar-refractivity contribution is -0.112. The predicted octanol–water partition coefficient (Wildman–Crippen LogP) is 3.15. The minimum absolute atomic E-state index is 0.0782. The molecule has 0 radical (unpaired) electrons. The number of nitriles is 2. The van der Waals surface area contributed by atoms with Gasteiger partial charge in [-0.25, -0.2) is 0 Å². The molecule has 2 aromatic rings. The number of carbonyl (C=O) groups is 1. The molecule has 0 fully saturated rings. The number of hydrogen-bond donors (Lipinski definition) is 1. The van der Waals surface area contributed by atoms with Crippen LogP contribution in [0.5, 0.6) is 17.2 Å². The Kier molecular flexibility index (Phi) is 6.81. The Labute approximate surface area is 157 Å². The van der Waals surface area contributed by atoms with E-state index in [1.54, 1.807) is 42.5 Å². The summed E-state index contributed by atoms with van der Waals surface area (Å²) in [6, 6.07) is 15.5. The van der Waals surface area contributed by atoms with Crippen LogP contribution in [-0.2, 0) is 4.79 Å². The fraction of sp³-hybridized carbons (Fsp3) is 0.150. The maximum absolute atomic E-state index is 12.4. The van der Waals surface area contributed by atoms with Gasteiger partial charge < -0.3 is 19.5 Å². The summed E-state index contributed by atoms with van der Waals surface area (Å²) in [5.41, 5.74) is 1.01. The average Bonchev–Trinajstić information content (AvgIpc) is 2.70. The normalized spacial score (nSPS) is 10.3. The summed E-state index contributed by atoms with van der Waals surface area (Å²) >= 11 is 0. The molecule has 2 aromatic carbocycles. The minimum atomic E-state index is -0.547. The zero-order chi connectivity index (χ0) is 19.6. The average molecular weight is 363 g/mol. The molecule has 0 unspecified atom stereocenters. The SMILES string of the molecule is COc1cccc(NC(=O)C(C#N)=Cc2ccc(OCC#N)c(OC)c2)c1. The molecule has 0 aliphatic carbocycles. The van der Waals surface area contributed by atoms with E-state index in [4.69, 9.17) is 19.5 Å². The van der Waals surface area contributed by atoms with Crippen LogP contribution in [-0.4, -0.2) is 26.7 Å². The minimum Gasteiger partial charge on any atom is -0.497 e. The van der Waals surface area contributed by atoms with Crippen molar-refractivity contribution in [3.05, 3.63) is 53.6 Å². The van der Waals surface area contributed by atoms with Gasteiger partial charge in [0.05, 0.1) is 14.2 Å². The third-order valence-electron chi connectivity index (χ3n) is 3.48. The number of nitrogens with one attached hydrogen (secondary N) is 1. The van der Waals surface area contributed by atoms with Crippen molar-refractivity contribution in [1.29, 1.82) is 10.5 Å². The number of benzene rings is 2. The molecule has 1 amide bonds. The predicted molar refractivity (Wildman–Crippen MR) is 99.3 cm³/mol. The zero-order valence-corrected chi connectivity index (χ0v) is 14.9. The summed E-state index contributed by atoms with van der Waals surface area (Å²) in [6.07, 6.45) is 1.44. The molecule has 0 heterocycles. The number of rotatable bonds is 7. The second-order valence-corrected chi connectivity index (χ2v) is 5.21. The summed E-state index contributed by atoms with van der Waals surface area (Å²) in [7, 11) is 2.99. The quantitative estimate of drug-likeness (QED) is 0.598. The molecule has 0 aromatic heterocycles. The van der Waals surface area contributed by atoms with Crippen LogP contribution in [0.1, 0.15) is 5.56 Å². The van der Waals surface area contributed by atoms with Crippen LogP contribution in [0.2, 0.25) is 0 Å². The number of carbonyl (C=O) groups excluding carboxylic acids is 1. The highest BCUT2D eigenvalue weighted by atomic mass is 16.5. The van der Waals surface area contributed by atoms with Crippen LogP contribution in [0.15, 0.2) is 48.0 Å². The van der Waals surface area contributed by atoms with Gasteiger partial charge in [-0.3, -0.25) is 4.79 Å². The van der Waals surface area contributed by atoms with Crippen molar-refractivity contribution in [2.45, 2.75) is 0 Å². The Balaban J connectivity index is 2.23. The Morgan fingerprint density at radius 1 is 1.11 bits per heavy atom. The van der Waals surface area contributed by atoms with E-state index in [0.29, 0.717) is 28.5 Å². The second-order valence-electron chi connectivity index (χ2n) is 5.21. The van der Waals surface area contributed by atoms with Crippen LogP contribution in [0.25, 0.3) is 6.08 Å². The van der Waals surface area contributed by atoms with Crippen LogP contribution in [0, 0.1) is 22.7 Å². The van der Waals surface area contributed by atoms with Crippen molar-refractivity contribution in [2.75, 3.05) is 26.1 Å². The molecule has 27 heavy (non-hydrogen) atoms. The van der Waals surface area contributed by atoms with E-state index in [9.17, 15) is 10.1 Å². The number of amides is 1. The molecule has 7 heteroatoms. The molecule has 0 atom stereocenters. The first-order valence-corrected chi connectivity index (χ1v) is 7.86. The lowest BCUT2D eigenvalue weighted by Crippen LogP contribution is -2.13. The van der Waals surface area contributed by atoms with E-state index >= 15 is 0 Å². The maximum atomic E-state index is 12.4. The van der Waals surface area contributed by atoms with Crippen LogP contribution >= 0.6 is 0 Å². The van der Waals surface area contributed by atoms with E-state index in [1.807, 2.05) is 12.1 Å². The van der Waals surface area contributed by atoms with Gasteiger partial charge in [0.15, 0.2) is 18.1 Å². The Morgan fingerprint density at radius 2 is 1.93 bits per heavy atom. The van der Waals surface area contributed by atoms with E-state index in [1.165, 1.54) is 20.3 Å². The van der Waals surface area contributed by atoms with Gasteiger partial charge in [-0.2, -0.15) is 10.5 Å². The van der Waals surface area contributed by atoms with Gasteiger partial charge in [0.2, 0.25) is 0 Å². The molecular formula is C20H17N3O4. The van der Waals surface area contributed by atoms with E-state index in [0.717, 1.165) is 0 Å². The van der Waals surface area contributed by atoms with Gasteiger partial charge in [0, 0.05) is 11.8 Å². The molecule has 1 N–H and O–H groups in total. The van der Waals surface area contributed by atoms with Gasteiger partial charge in [-0.1, -0.05) is 12.1 Å². The summed E-state index contributed by atoms with van der Waals surface area (Å²) in [6.45, 7) is -0.113. The molecule has 0 bridgehead atoms. The van der Waals surface area contributed by atoms with Crippen molar-refractivity contribution < 1.29 is 19.0 Å². The molecular weight excluding hydrogens is 346 g/mol. The van der Waals surface area contributed by atoms with Crippen molar-refractivity contribution in [2.24, 2.45) is 0 Å². The van der Waals surface area contributed by atoms with Crippen LogP contribution < -0.4 is 19.5 Å². The Bertz CT molecular complexity index is 939. The summed E-state index contributed by atoms with van der Waals surface area (Å²) in [4.78, 5) is 12.4. The van der Waals surface area contributed by atoms with Gasteiger partial charge in [0.25, 0.3) is 5.91 Å². The first-order chi connectivity index (χ1) is 13.1. The highest BCUT2D eigenvalue weighted by molar-refractivity contribution is 6.09. The fourth-order valence-corrected chi connectivity index (χ4v) is 2.22. The van der Waals surface area contributed by atoms with E-state index in [2.05, 4.69) is 5.32 Å². The molecule has 0 saturated heterocycles. The summed E-state index contributed by atoms with van der Waals surface area (Å²) < 4.78 is 15.6. The van der Waals surface area contributed by atoms with Crippen molar-refractivity contribution in [3.63, 3.8) is 0 Å². The number of nitrogens with zero attached hydrogens (tertiary/aromatic N) is 2. The maximum Gasteiger partial charge on any atom is 0.266 e. The van der Waals surface area contributed by atoms with Crippen molar-refractivity contribution >= 4 is 17.7 Å². The smallest absolute Gasteiger partial charge is 0.266 e. The number of anilines is 1. The molecule has 136 valence electrons. The standard InChI is InChI=1S/C20H17N3O4/c1-25-17-5-3-4-16(12-17)23-20(24)15(13-22)10-14-6-7-18(27-9-8-21)19(11-14)26-2/h3-7,10-12H,9H2,1-2H3,(H,23,24). The topological polar surface area (TPSA) is 104 Å². The highest BCUT2D eigenvalue weighted by Gasteiger charge is 2.11. The van der Waals surface area contributed by atoms with Gasteiger partial charge >= 0.3 is 0 Å². The number of ether oxygens (including phenoxy) is 3. The first-order valence-electron chi connectivity index (χ1n) is 7.86.